The zero-order valence-electron chi connectivity index (χ0n) is 9.78. The third-order valence-corrected chi connectivity index (χ3v) is 3.07. The fraction of sp³-hybridized carbons (Fsp3) is 0.750. The number of ether oxygens (including phenoxy) is 2. The van der Waals surface area contributed by atoms with Gasteiger partial charge in [-0.3, -0.25) is 9.69 Å². The number of allylic oxidation sites excluding steroid dienone is 1. The van der Waals surface area contributed by atoms with Crippen LogP contribution in [-0.4, -0.2) is 49.6 Å². The molecule has 0 radical (unpaired) electrons. The monoisotopic (exact) mass is 225 g/mol. The lowest BCUT2D eigenvalue weighted by atomic mass is 10.1. The lowest BCUT2D eigenvalue weighted by Crippen LogP contribution is -2.46. The summed E-state index contributed by atoms with van der Waals surface area (Å²) in [5.74, 6) is 0.520. The molecule has 2 aliphatic heterocycles. The van der Waals surface area contributed by atoms with Crippen LogP contribution in [0.15, 0.2) is 11.8 Å². The SMILES string of the molecule is CCN1CCOC(C(=O)C2=CCCCO2)C1. The molecule has 0 saturated carbocycles. The maximum absolute atomic E-state index is 12.1. The van der Waals surface area contributed by atoms with Gasteiger partial charge in [0.15, 0.2) is 5.76 Å². The molecule has 4 nitrogen and oxygen atoms in total. The van der Waals surface area contributed by atoms with E-state index >= 15 is 0 Å². The third kappa shape index (κ3) is 2.62. The van der Waals surface area contributed by atoms with Crippen LogP contribution in [0.4, 0.5) is 0 Å². The third-order valence-electron chi connectivity index (χ3n) is 3.07. The van der Waals surface area contributed by atoms with E-state index in [4.69, 9.17) is 9.47 Å². The largest absolute Gasteiger partial charge is 0.490 e. The second kappa shape index (κ2) is 5.46. The molecule has 0 aliphatic carbocycles. The van der Waals surface area contributed by atoms with Crippen molar-refractivity contribution in [3.05, 3.63) is 11.8 Å². The Labute approximate surface area is 96.2 Å². The van der Waals surface area contributed by atoms with Crippen LogP contribution in [0, 0.1) is 0 Å². The Balaban J connectivity index is 1.95. The first-order valence-corrected chi connectivity index (χ1v) is 6.02. The Kier molecular flexibility index (Phi) is 3.96. The van der Waals surface area contributed by atoms with Crippen LogP contribution in [-0.2, 0) is 14.3 Å². The van der Waals surface area contributed by atoms with Gasteiger partial charge in [0.25, 0.3) is 0 Å². The highest BCUT2D eigenvalue weighted by Gasteiger charge is 2.29. The van der Waals surface area contributed by atoms with Crippen molar-refractivity contribution in [1.29, 1.82) is 0 Å². The average Bonchev–Trinajstić information content (AvgIpc) is 2.39. The summed E-state index contributed by atoms with van der Waals surface area (Å²) in [5, 5.41) is 0. The summed E-state index contributed by atoms with van der Waals surface area (Å²) in [6, 6.07) is 0. The van der Waals surface area contributed by atoms with Crippen LogP contribution in [0.5, 0.6) is 0 Å². The normalized spacial score (nSPS) is 27.1. The van der Waals surface area contributed by atoms with Crippen LogP contribution in [0.3, 0.4) is 0 Å². The Hall–Kier alpha value is -0.870. The molecule has 16 heavy (non-hydrogen) atoms. The zero-order chi connectivity index (χ0) is 11.4. The van der Waals surface area contributed by atoms with Gasteiger partial charge in [0.05, 0.1) is 13.2 Å². The van der Waals surface area contributed by atoms with E-state index in [1.807, 2.05) is 6.08 Å². The predicted molar refractivity (Wildman–Crippen MR) is 60.1 cm³/mol. The Morgan fingerprint density at radius 1 is 1.56 bits per heavy atom. The minimum Gasteiger partial charge on any atom is -0.490 e. The van der Waals surface area contributed by atoms with Crippen molar-refractivity contribution in [2.75, 3.05) is 32.8 Å². The molecule has 0 bridgehead atoms. The van der Waals surface area contributed by atoms with Gasteiger partial charge in [-0.25, -0.2) is 0 Å². The number of likely N-dealkylation sites (N-methyl/N-ethyl adjacent to an activating group) is 1. The number of carbonyl (C=O) groups excluding carboxylic acids is 1. The van der Waals surface area contributed by atoms with E-state index in [0.29, 0.717) is 25.5 Å². The second-order valence-electron chi connectivity index (χ2n) is 4.18. The lowest BCUT2D eigenvalue weighted by molar-refractivity contribution is -0.136. The highest BCUT2D eigenvalue weighted by molar-refractivity contribution is 5.97. The molecular weight excluding hydrogens is 206 g/mol. The summed E-state index contributed by atoms with van der Waals surface area (Å²) < 4.78 is 10.9. The highest BCUT2D eigenvalue weighted by Crippen LogP contribution is 2.16. The summed E-state index contributed by atoms with van der Waals surface area (Å²) in [7, 11) is 0. The van der Waals surface area contributed by atoms with E-state index in [1.54, 1.807) is 0 Å². The van der Waals surface area contributed by atoms with E-state index in [9.17, 15) is 4.79 Å². The molecule has 0 aromatic rings. The van der Waals surface area contributed by atoms with Crippen molar-refractivity contribution >= 4 is 5.78 Å². The summed E-state index contributed by atoms with van der Waals surface area (Å²) >= 11 is 0. The smallest absolute Gasteiger partial charge is 0.226 e. The summed E-state index contributed by atoms with van der Waals surface area (Å²) in [6.07, 6.45) is 3.49. The molecule has 0 N–H and O–H groups in total. The molecule has 0 aromatic carbocycles. The molecule has 1 saturated heterocycles. The molecule has 2 heterocycles. The Bertz CT molecular complexity index is 288. The van der Waals surface area contributed by atoms with E-state index < -0.39 is 0 Å². The Morgan fingerprint density at radius 2 is 2.44 bits per heavy atom. The summed E-state index contributed by atoms with van der Waals surface area (Å²) in [4.78, 5) is 14.3. The van der Waals surface area contributed by atoms with Gasteiger partial charge in [0.1, 0.15) is 6.10 Å². The molecule has 0 spiro atoms. The van der Waals surface area contributed by atoms with Gasteiger partial charge in [0.2, 0.25) is 5.78 Å². The Morgan fingerprint density at radius 3 is 3.12 bits per heavy atom. The van der Waals surface area contributed by atoms with Gasteiger partial charge in [-0.15, -0.1) is 0 Å². The van der Waals surface area contributed by atoms with Gasteiger partial charge in [-0.2, -0.15) is 0 Å². The standard InChI is InChI=1S/C12H19NO3/c1-2-13-6-8-16-11(9-13)12(14)10-5-3-4-7-15-10/h5,11H,2-4,6-9H2,1H3. The summed E-state index contributed by atoms with van der Waals surface area (Å²) in [6.45, 7) is 5.96. The molecule has 90 valence electrons. The van der Waals surface area contributed by atoms with Gasteiger partial charge >= 0.3 is 0 Å². The number of morpholine rings is 1. The van der Waals surface area contributed by atoms with E-state index in [1.165, 1.54) is 0 Å². The number of hydrogen-bond acceptors (Lipinski definition) is 4. The maximum Gasteiger partial charge on any atom is 0.226 e. The van der Waals surface area contributed by atoms with Crippen molar-refractivity contribution in [2.45, 2.75) is 25.9 Å². The molecular formula is C12H19NO3. The molecule has 1 fully saturated rings. The van der Waals surface area contributed by atoms with Gasteiger partial charge in [-0.05, 0) is 25.5 Å². The number of Topliss-reactive ketones (excluding diaryl/α,β-unsaturated/α-hetero) is 1. The number of ketones is 1. The summed E-state index contributed by atoms with van der Waals surface area (Å²) in [5.41, 5.74) is 0. The van der Waals surface area contributed by atoms with E-state index in [0.717, 1.165) is 25.9 Å². The second-order valence-corrected chi connectivity index (χ2v) is 4.18. The van der Waals surface area contributed by atoms with Crippen LogP contribution in [0.25, 0.3) is 0 Å². The van der Waals surface area contributed by atoms with Crippen molar-refractivity contribution in [3.8, 4) is 0 Å². The average molecular weight is 225 g/mol. The first-order chi connectivity index (χ1) is 7.81. The van der Waals surface area contributed by atoms with Gasteiger partial charge < -0.3 is 9.47 Å². The van der Waals surface area contributed by atoms with Crippen molar-refractivity contribution in [2.24, 2.45) is 0 Å². The molecule has 2 aliphatic rings. The number of hydrogen-bond donors (Lipinski definition) is 0. The maximum atomic E-state index is 12.1. The number of rotatable bonds is 3. The van der Waals surface area contributed by atoms with Crippen LogP contribution >= 0.6 is 0 Å². The van der Waals surface area contributed by atoms with E-state index in [-0.39, 0.29) is 11.9 Å². The van der Waals surface area contributed by atoms with Crippen LogP contribution in [0.2, 0.25) is 0 Å². The van der Waals surface area contributed by atoms with Crippen molar-refractivity contribution in [1.82, 2.24) is 4.90 Å². The molecule has 0 amide bonds. The molecule has 1 atom stereocenters. The fourth-order valence-electron chi connectivity index (χ4n) is 2.04. The molecule has 4 heteroatoms. The topological polar surface area (TPSA) is 38.8 Å². The number of nitrogens with zero attached hydrogens (tertiary/aromatic N) is 1. The predicted octanol–water partition coefficient (Wildman–Crippen LogP) is 0.970. The minimum atomic E-state index is -0.335. The molecule has 2 rings (SSSR count). The first-order valence-electron chi connectivity index (χ1n) is 6.02. The quantitative estimate of drug-likeness (QED) is 0.717. The van der Waals surface area contributed by atoms with Crippen molar-refractivity contribution < 1.29 is 14.3 Å². The van der Waals surface area contributed by atoms with Crippen LogP contribution in [0.1, 0.15) is 19.8 Å². The van der Waals surface area contributed by atoms with E-state index in [2.05, 4.69) is 11.8 Å². The number of carbonyl (C=O) groups is 1. The zero-order valence-corrected chi connectivity index (χ0v) is 9.78. The van der Waals surface area contributed by atoms with Crippen LogP contribution < -0.4 is 0 Å². The van der Waals surface area contributed by atoms with Gasteiger partial charge in [-0.1, -0.05) is 6.92 Å². The first kappa shape index (κ1) is 11.6. The molecule has 0 aromatic heterocycles. The highest BCUT2D eigenvalue weighted by atomic mass is 16.5. The lowest BCUT2D eigenvalue weighted by Gasteiger charge is -2.31. The minimum absolute atomic E-state index is 0.0119. The molecule has 1 unspecified atom stereocenters. The fourth-order valence-corrected chi connectivity index (χ4v) is 2.04. The van der Waals surface area contributed by atoms with Gasteiger partial charge in [0, 0.05) is 13.1 Å². The van der Waals surface area contributed by atoms with Crippen molar-refractivity contribution in [3.63, 3.8) is 0 Å².